The van der Waals surface area contributed by atoms with Crippen LogP contribution in [0.2, 0.25) is 0 Å². The van der Waals surface area contributed by atoms with Crippen LogP contribution in [-0.2, 0) is 6.42 Å². The third-order valence-electron chi connectivity index (χ3n) is 2.35. The van der Waals surface area contributed by atoms with Gasteiger partial charge in [-0.25, -0.2) is 4.68 Å². The van der Waals surface area contributed by atoms with Gasteiger partial charge >= 0.3 is 6.18 Å². The smallest absolute Gasteiger partial charge is 0.388 e. The zero-order valence-electron chi connectivity index (χ0n) is 9.45. The van der Waals surface area contributed by atoms with Crippen molar-refractivity contribution in [1.82, 2.24) is 15.0 Å². The van der Waals surface area contributed by atoms with E-state index in [2.05, 4.69) is 10.3 Å². The highest BCUT2D eigenvalue weighted by Gasteiger charge is 2.39. The lowest BCUT2D eigenvalue weighted by Crippen LogP contribution is -2.26. The van der Waals surface area contributed by atoms with Crippen molar-refractivity contribution in [3.05, 3.63) is 11.4 Å². The summed E-state index contributed by atoms with van der Waals surface area (Å²) >= 11 is 4.74. The van der Waals surface area contributed by atoms with Gasteiger partial charge in [0.05, 0.1) is 5.69 Å². The van der Waals surface area contributed by atoms with Gasteiger partial charge in [0, 0.05) is 0 Å². The molecule has 1 heterocycles. The second-order valence-corrected chi connectivity index (χ2v) is 4.10. The van der Waals surface area contributed by atoms with Crippen LogP contribution in [0.1, 0.15) is 37.7 Å². The molecular formula is C9H13F3N4S. The van der Waals surface area contributed by atoms with Crippen molar-refractivity contribution in [2.24, 2.45) is 5.73 Å². The van der Waals surface area contributed by atoms with E-state index >= 15 is 0 Å². The Morgan fingerprint density at radius 3 is 2.53 bits per heavy atom. The van der Waals surface area contributed by atoms with Crippen molar-refractivity contribution in [1.29, 1.82) is 0 Å². The van der Waals surface area contributed by atoms with E-state index in [-0.39, 0.29) is 10.7 Å². The van der Waals surface area contributed by atoms with Crippen LogP contribution in [0.5, 0.6) is 0 Å². The van der Waals surface area contributed by atoms with Crippen LogP contribution in [0.3, 0.4) is 0 Å². The summed E-state index contributed by atoms with van der Waals surface area (Å²) < 4.78 is 38.7. The molecule has 1 aromatic rings. The molecule has 0 aliphatic heterocycles. The standard InChI is InChI=1S/C9H13F3N4S/c1-3-4-6-7(8(13)17)14-15-16(6)5(2)9(10,11)12/h5H,3-4H2,1-2H3,(H2,13,17). The second-order valence-electron chi connectivity index (χ2n) is 3.66. The van der Waals surface area contributed by atoms with Crippen LogP contribution in [0, 0.1) is 0 Å². The van der Waals surface area contributed by atoms with E-state index in [0.717, 1.165) is 11.6 Å². The first-order valence-electron chi connectivity index (χ1n) is 5.09. The Balaban J connectivity index is 3.20. The first kappa shape index (κ1) is 13.9. The summed E-state index contributed by atoms with van der Waals surface area (Å²) in [6, 6.07) is -1.74. The summed E-state index contributed by atoms with van der Waals surface area (Å²) in [4.78, 5) is -0.0333. The molecule has 8 heteroatoms. The summed E-state index contributed by atoms with van der Waals surface area (Å²) in [6.07, 6.45) is -3.31. The average molecular weight is 266 g/mol. The van der Waals surface area contributed by atoms with Crippen LogP contribution < -0.4 is 5.73 Å². The highest BCUT2D eigenvalue weighted by Crippen LogP contribution is 2.30. The van der Waals surface area contributed by atoms with Gasteiger partial charge in [0.15, 0.2) is 0 Å². The molecule has 1 aromatic heterocycles. The zero-order chi connectivity index (χ0) is 13.2. The number of thiocarbonyl (C=S) groups is 1. The lowest BCUT2D eigenvalue weighted by atomic mass is 10.2. The molecule has 0 radical (unpaired) electrons. The summed E-state index contributed by atoms with van der Waals surface area (Å²) in [5.41, 5.74) is 5.92. The summed E-state index contributed by atoms with van der Waals surface area (Å²) in [7, 11) is 0. The third kappa shape index (κ3) is 2.93. The van der Waals surface area contributed by atoms with Gasteiger partial charge < -0.3 is 5.73 Å². The number of nitrogens with zero attached hydrogens (tertiary/aromatic N) is 3. The summed E-state index contributed by atoms with van der Waals surface area (Å²) in [5.74, 6) is 0. The number of aromatic nitrogens is 3. The molecule has 0 aliphatic carbocycles. The van der Waals surface area contributed by atoms with Crippen molar-refractivity contribution in [2.75, 3.05) is 0 Å². The summed E-state index contributed by atoms with van der Waals surface area (Å²) in [5, 5.41) is 7.12. The fourth-order valence-electron chi connectivity index (χ4n) is 1.42. The van der Waals surface area contributed by atoms with Gasteiger partial charge in [-0.05, 0) is 13.3 Å². The van der Waals surface area contributed by atoms with Gasteiger partial charge in [-0.2, -0.15) is 13.2 Å². The van der Waals surface area contributed by atoms with Gasteiger partial charge in [-0.3, -0.25) is 0 Å². The van der Waals surface area contributed by atoms with Crippen LogP contribution >= 0.6 is 12.2 Å². The van der Waals surface area contributed by atoms with Gasteiger partial charge in [0.1, 0.15) is 16.7 Å². The monoisotopic (exact) mass is 266 g/mol. The van der Waals surface area contributed by atoms with Crippen LogP contribution in [0.15, 0.2) is 0 Å². The molecule has 0 spiro atoms. The van der Waals surface area contributed by atoms with Crippen molar-refractivity contribution in [2.45, 2.75) is 38.9 Å². The van der Waals surface area contributed by atoms with E-state index in [0.29, 0.717) is 18.5 Å². The highest BCUT2D eigenvalue weighted by atomic mass is 32.1. The summed E-state index contributed by atoms with van der Waals surface area (Å²) in [6.45, 7) is 2.87. The quantitative estimate of drug-likeness (QED) is 0.847. The molecule has 4 nitrogen and oxygen atoms in total. The molecule has 0 bridgehead atoms. The van der Waals surface area contributed by atoms with E-state index in [4.69, 9.17) is 18.0 Å². The average Bonchev–Trinajstić information content (AvgIpc) is 2.59. The first-order valence-corrected chi connectivity index (χ1v) is 5.50. The van der Waals surface area contributed by atoms with Crippen LogP contribution in [0.25, 0.3) is 0 Å². The molecule has 1 atom stereocenters. The molecule has 0 amide bonds. The Kier molecular flexibility index (Phi) is 4.07. The molecule has 0 aliphatic rings. The molecule has 2 N–H and O–H groups in total. The molecule has 0 saturated heterocycles. The number of rotatable bonds is 4. The normalized spacial score (nSPS) is 13.7. The van der Waals surface area contributed by atoms with E-state index in [1.54, 1.807) is 0 Å². The lowest BCUT2D eigenvalue weighted by Gasteiger charge is -2.17. The SMILES string of the molecule is CCCc1c(C(N)=S)nnn1C(C)C(F)(F)F. The van der Waals surface area contributed by atoms with Gasteiger partial charge in [-0.1, -0.05) is 30.8 Å². The highest BCUT2D eigenvalue weighted by molar-refractivity contribution is 7.80. The van der Waals surface area contributed by atoms with Gasteiger partial charge in [0.2, 0.25) is 0 Å². The maximum absolute atomic E-state index is 12.6. The van der Waals surface area contributed by atoms with E-state index in [1.807, 2.05) is 6.92 Å². The van der Waals surface area contributed by atoms with Crippen LogP contribution in [0.4, 0.5) is 13.2 Å². The Bertz CT molecular complexity index is 413. The largest absolute Gasteiger partial charge is 0.410 e. The Labute approximate surface area is 102 Å². The number of hydrogen-bond donors (Lipinski definition) is 1. The predicted octanol–water partition coefficient (Wildman–Crippen LogP) is 1.99. The predicted molar refractivity (Wildman–Crippen MR) is 60.7 cm³/mol. The number of nitrogens with two attached hydrogens (primary N) is 1. The van der Waals surface area contributed by atoms with E-state index in [1.165, 1.54) is 0 Å². The molecule has 0 aromatic carbocycles. The molecule has 17 heavy (non-hydrogen) atoms. The zero-order valence-corrected chi connectivity index (χ0v) is 10.3. The lowest BCUT2D eigenvalue weighted by molar-refractivity contribution is -0.166. The molecule has 1 unspecified atom stereocenters. The molecule has 0 fully saturated rings. The minimum atomic E-state index is -4.37. The van der Waals surface area contributed by atoms with Crippen molar-refractivity contribution in [3.8, 4) is 0 Å². The van der Waals surface area contributed by atoms with Crippen molar-refractivity contribution >= 4 is 17.2 Å². The van der Waals surface area contributed by atoms with Crippen molar-refractivity contribution in [3.63, 3.8) is 0 Å². The number of halogens is 3. The van der Waals surface area contributed by atoms with E-state index < -0.39 is 12.2 Å². The molecule has 96 valence electrons. The number of hydrogen-bond acceptors (Lipinski definition) is 3. The minimum absolute atomic E-state index is 0.0333. The van der Waals surface area contributed by atoms with Gasteiger partial charge in [0.25, 0.3) is 0 Å². The minimum Gasteiger partial charge on any atom is -0.388 e. The van der Waals surface area contributed by atoms with Crippen LogP contribution in [-0.4, -0.2) is 26.2 Å². The number of alkyl halides is 3. The van der Waals surface area contributed by atoms with Gasteiger partial charge in [-0.15, -0.1) is 5.10 Å². The Hall–Kier alpha value is -1.18. The Morgan fingerprint density at radius 1 is 1.53 bits per heavy atom. The molecule has 0 saturated carbocycles. The first-order chi connectivity index (χ1) is 7.79. The van der Waals surface area contributed by atoms with E-state index in [9.17, 15) is 13.2 Å². The third-order valence-corrected chi connectivity index (χ3v) is 2.55. The molecular weight excluding hydrogens is 253 g/mol. The maximum atomic E-state index is 12.6. The Morgan fingerprint density at radius 2 is 2.12 bits per heavy atom. The fourth-order valence-corrected chi connectivity index (χ4v) is 1.58. The molecule has 1 rings (SSSR count). The maximum Gasteiger partial charge on any atom is 0.410 e. The van der Waals surface area contributed by atoms with Crippen molar-refractivity contribution < 1.29 is 13.2 Å². The second kappa shape index (κ2) is 4.99. The topological polar surface area (TPSA) is 56.7 Å². The fraction of sp³-hybridized carbons (Fsp3) is 0.667.